The molecule has 2 N–H and O–H groups in total. The number of nitrogens with one attached hydrogen (secondary N) is 1. The summed E-state index contributed by atoms with van der Waals surface area (Å²) in [6.07, 6.45) is 2.06. The number of rotatable bonds is 3. The van der Waals surface area contributed by atoms with Gasteiger partial charge in [-0.25, -0.2) is 0 Å². The van der Waals surface area contributed by atoms with Crippen LogP contribution < -0.4 is 5.32 Å². The molecule has 150 valence electrons. The van der Waals surface area contributed by atoms with Crippen LogP contribution in [0.15, 0.2) is 36.7 Å². The Balaban J connectivity index is 1.55. The van der Waals surface area contributed by atoms with E-state index in [2.05, 4.69) is 20.5 Å². The molecule has 1 aromatic carbocycles. The van der Waals surface area contributed by atoms with Crippen LogP contribution in [0.25, 0.3) is 22.0 Å². The van der Waals surface area contributed by atoms with Crippen molar-refractivity contribution in [3.05, 3.63) is 42.2 Å². The number of ether oxygens (including phenoxy) is 1. The lowest BCUT2D eigenvalue weighted by molar-refractivity contribution is -0.137. The van der Waals surface area contributed by atoms with E-state index < -0.39 is 17.5 Å². The fraction of sp³-hybridized carbons (Fsp3) is 0.350. The van der Waals surface area contributed by atoms with Gasteiger partial charge in [0.05, 0.1) is 23.8 Å². The van der Waals surface area contributed by atoms with Gasteiger partial charge in [-0.2, -0.15) is 13.2 Å². The summed E-state index contributed by atoms with van der Waals surface area (Å²) in [5.41, 5.74) is -0.452. The number of phenolic OH excluding ortho intramolecular Hbond substituents is 1. The largest absolute Gasteiger partial charge is 0.507 e. The highest BCUT2D eigenvalue weighted by Gasteiger charge is 2.41. The van der Waals surface area contributed by atoms with Gasteiger partial charge in [0.25, 0.3) is 0 Å². The number of benzene rings is 1. The molecule has 2 fully saturated rings. The van der Waals surface area contributed by atoms with Crippen LogP contribution in [-0.4, -0.2) is 38.5 Å². The quantitative estimate of drug-likeness (QED) is 0.685. The molecule has 2 aromatic heterocycles. The maximum Gasteiger partial charge on any atom is 0.416 e. The molecular weight excluding hydrogens is 385 g/mol. The molecule has 9 heteroatoms. The van der Waals surface area contributed by atoms with Gasteiger partial charge in [-0.15, -0.1) is 10.2 Å². The molecule has 0 radical (unpaired) electrons. The molecule has 2 unspecified atom stereocenters. The third-order valence-electron chi connectivity index (χ3n) is 5.59. The molecule has 3 atom stereocenters. The maximum absolute atomic E-state index is 12.9. The fourth-order valence-corrected chi connectivity index (χ4v) is 4.18. The second-order valence-electron chi connectivity index (χ2n) is 7.41. The van der Waals surface area contributed by atoms with E-state index in [1.807, 2.05) is 0 Å². The van der Waals surface area contributed by atoms with Crippen LogP contribution in [0.3, 0.4) is 0 Å². The van der Waals surface area contributed by atoms with Crippen molar-refractivity contribution in [1.29, 1.82) is 0 Å². The van der Waals surface area contributed by atoms with Gasteiger partial charge >= 0.3 is 6.18 Å². The zero-order valence-corrected chi connectivity index (χ0v) is 15.1. The maximum atomic E-state index is 12.9. The Bertz CT molecular complexity index is 1090. The van der Waals surface area contributed by atoms with Crippen molar-refractivity contribution in [2.24, 2.45) is 0 Å². The molecule has 2 aliphatic heterocycles. The molecule has 2 bridgehead atoms. The van der Waals surface area contributed by atoms with Gasteiger partial charge in [0.15, 0.2) is 5.82 Å². The molecule has 5 rings (SSSR count). The van der Waals surface area contributed by atoms with E-state index in [1.54, 1.807) is 18.5 Å². The SMILES string of the molecule is Oc1cc(C(F)(F)F)ccc1-c1nnc(N[C@@H]2CC3CCC2O3)c2cnccc12. The van der Waals surface area contributed by atoms with E-state index in [9.17, 15) is 18.3 Å². The number of nitrogens with zero attached hydrogens (tertiary/aromatic N) is 3. The number of anilines is 1. The first-order valence-corrected chi connectivity index (χ1v) is 9.33. The topological polar surface area (TPSA) is 80.2 Å². The minimum Gasteiger partial charge on any atom is -0.507 e. The van der Waals surface area contributed by atoms with Crippen LogP contribution in [-0.2, 0) is 10.9 Å². The Morgan fingerprint density at radius 1 is 1.10 bits per heavy atom. The first-order chi connectivity index (χ1) is 13.9. The van der Waals surface area contributed by atoms with Crippen molar-refractivity contribution in [3.63, 3.8) is 0 Å². The van der Waals surface area contributed by atoms with Crippen molar-refractivity contribution >= 4 is 16.6 Å². The standard InChI is InChI=1S/C20H17F3N4O2/c21-20(22,23)10-1-3-13(16(28)7-10)18-12-5-6-24-9-14(12)19(27-26-18)25-15-8-11-2-4-17(15)29-11/h1,3,5-7,9,11,15,17,28H,2,4,8H2,(H,25,27)/t11?,15-,17?/m1/s1. The smallest absolute Gasteiger partial charge is 0.416 e. The van der Waals surface area contributed by atoms with Crippen LogP contribution in [0, 0.1) is 0 Å². The van der Waals surface area contributed by atoms with Gasteiger partial charge in [-0.1, -0.05) is 0 Å². The number of hydrogen-bond donors (Lipinski definition) is 2. The first-order valence-electron chi connectivity index (χ1n) is 9.33. The average molecular weight is 402 g/mol. The molecule has 0 aliphatic carbocycles. The van der Waals surface area contributed by atoms with Crippen LogP contribution in [0.5, 0.6) is 5.75 Å². The van der Waals surface area contributed by atoms with Gasteiger partial charge in [-0.05, 0) is 43.5 Å². The summed E-state index contributed by atoms with van der Waals surface area (Å²) in [4.78, 5) is 4.15. The zero-order valence-electron chi connectivity index (χ0n) is 15.1. The van der Waals surface area contributed by atoms with Crippen molar-refractivity contribution < 1.29 is 23.0 Å². The number of halogens is 3. The number of alkyl halides is 3. The van der Waals surface area contributed by atoms with Gasteiger partial charge in [0.1, 0.15) is 11.4 Å². The van der Waals surface area contributed by atoms with E-state index >= 15 is 0 Å². The van der Waals surface area contributed by atoms with E-state index in [4.69, 9.17) is 4.74 Å². The van der Waals surface area contributed by atoms with Gasteiger partial charge < -0.3 is 15.2 Å². The average Bonchev–Trinajstić information content (AvgIpc) is 3.31. The number of aromatic nitrogens is 3. The number of fused-ring (bicyclic) bond motifs is 3. The number of hydrogen-bond acceptors (Lipinski definition) is 6. The molecule has 6 nitrogen and oxygen atoms in total. The summed E-state index contributed by atoms with van der Waals surface area (Å²) in [5, 5.41) is 23.4. The van der Waals surface area contributed by atoms with Gasteiger partial charge in [-0.3, -0.25) is 4.98 Å². The van der Waals surface area contributed by atoms with Gasteiger partial charge in [0.2, 0.25) is 0 Å². The fourth-order valence-electron chi connectivity index (χ4n) is 4.18. The normalized spacial score (nSPS) is 23.6. The summed E-state index contributed by atoms with van der Waals surface area (Å²) >= 11 is 0. The Hall–Kier alpha value is -2.94. The highest BCUT2D eigenvalue weighted by Crippen LogP contribution is 2.40. The van der Waals surface area contributed by atoms with Crippen LogP contribution in [0.4, 0.5) is 19.0 Å². The first kappa shape index (κ1) is 18.1. The molecule has 29 heavy (non-hydrogen) atoms. The van der Waals surface area contributed by atoms with E-state index in [0.29, 0.717) is 28.4 Å². The number of pyridine rings is 1. The molecular formula is C20H17F3N4O2. The second kappa shape index (κ2) is 6.55. The third kappa shape index (κ3) is 3.15. The lowest BCUT2D eigenvalue weighted by Crippen LogP contribution is -2.31. The molecule has 0 spiro atoms. The molecule has 2 saturated heterocycles. The second-order valence-corrected chi connectivity index (χ2v) is 7.41. The molecule has 2 aliphatic rings. The Morgan fingerprint density at radius 3 is 2.66 bits per heavy atom. The zero-order chi connectivity index (χ0) is 20.2. The van der Waals surface area contributed by atoms with E-state index in [1.165, 1.54) is 6.07 Å². The predicted octanol–water partition coefficient (Wildman–Crippen LogP) is 4.15. The Labute approximate surface area is 163 Å². The minimum absolute atomic E-state index is 0.136. The molecule has 0 saturated carbocycles. The lowest BCUT2D eigenvalue weighted by atomic mass is 9.95. The monoisotopic (exact) mass is 402 g/mol. The summed E-state index contributed by atoms with van der Waals surface area (Å²) in [5.74, 6) is 0.0406. The highest BCUT2D eigenvalue weighted by atomic mass is 19.4. The summed E-state index contributed by atoms with van der Waals surface area (Å²) in [6, 6.07) is 4.67. The van der Waals surface area contributed by atoms with Crippen LogP contribution >= 0.6 is 0 Å². The summed E-state index contributed by atoms with van der Waals surface area (Å²) in [6.45, 7) is 0. The number of aromatic hydroxyl groups is 1. The molecule has 4 heterocycles. The predicted molar refractivity (Wildman–Crippen MR) is 99.4 cm³/mol. The summed E-state index contributed by atoms with van der Waals surface area (Å²) < 4.78 is 44.6. The summed E-state index contributed by atoms with van der Waals surface area (Å²) in [7, 11) is 0. The van der Waals surface area contributed by atoms with Gasteiger partial charge in [0, 0.05) is 28.7 Å². The third-order valence-corrected chi connectivity index (χ3v) is 5.59. The number of phenols is 1. The van der Waals surface area contributed by atoms with Crippen LogP contribution in [0.1, 0.15) is 24.8 Å². The Kier molecular flexibility index (Phi) is 4.09. The van der Waals surface area contributed by atoms with Crippen molar-refractivity contribution in [2.45, 2.75) is 43.7 Å². The Morgan fingerprint density at radius 2 is 1.97 bits per heavy atom. The van der Waals surface area contributed by atoms with Crippen molar-refractivity contribution in [2.75, 3.05) is 5.32 Å². The highest BCUT2D eigenvalue weighted by molar-refractivity contribution is 6.00. The lowest BCUT2D eigenvalue weighted by Gasteiger charge is -2.21. The van der Waals surface area contributed by atoms with E-state index in [0.717, 1.165) is 25.3 Å². The van der Waals surface area contributed by atoms with Crippen molar-refractivity contribution in [1.82, 2.24) is 15.2 Å². The minimum atomic E-state index is -4.54. The van der Waals surface area contributed by atoms with Crippen molar-refractivity contribution in [3.8, 4) is 17.0 Å². The van der Waals surface area contributed by atoms with Crippen LogP contribution in [0.2, 0.25) is 0 Å². The molecule has 0 amide bonds. The molecule has 3 aromatic rings. The van der Waals surface area contributed by atoms with E-state index in [-0.39, 0.29) is 23.8 Å².